The van der Waals surface area contributed by atoms with Crippen LogP contribution >= 0.6 is 11.8 Å². The third-order valence-electron chi connectivity index (χ3n) is 6.16. The van der Waals surface area contributed by atoms with Crippen LogP contribution < -0.4 is 9.47 Å². The first-order valence-electron chi connectivity index (χ1n) is 11.4. The third-order valence-corrected chi connectivity index (χ3v) is 7.05. The standard InChI is InChI=1S/C27H29N3O5S/c1-17-24(26(32)35-5)25(21-12-11-20(33-3)14-22(21)34-4)30-19(16-36-27(30)28-17)13-23(31)29(2)15-18-9-7-6-8-10-18/h6-12,14,16,25H,13,15H2,1-5H3/t25-/m1/s1. The maximum Gasteiger partial charge on any atom is 0.338 e. The van der Waals surface area contributed by atoms with Crippen LogP contribution in [0.15, 0.2) is 75.9 Å². The van der Waals surface area contributed by atoms with Gasteiger partial charge in [0.2, 0.25) is 5.91 Å². The third kappa shape index (κ3) is 4.97. The Hall–Kier alpha value is -3.72. The summed E-state index contributed by atoms with van der Waals surface area (Å²) in [6.07, 6.45) is 0.151. The molecule has 8 nitrogen and oxygen atoms in total. The monoisotopic (exact) mass is 507 g/mol. The number of fused-ring (bicyclic) bond motifs is 1. The summed E-state index contributed by atoms with van der Waals surface area (Å²) in [5.74, 6) is 0.656. The fourth-order valence-corrected chi connectivity index (χ4v) is 5.28. The van der Waals surface area contributed by atoms with Crippen molar-refractivity contribution in [2.24, 2.45) is 4.99 Å². The average molecular weight is 508 g/mol. The first kappa shape index (κ1) is 25.4. The Kier molecular flexibility index (Phi) is 7.69. The van der Waals surface area contributed by atoms with Crippen LogP contribution in [0.1, 0.15) is 30.5 Å². The number of rotatable bonds is 8. The van der Waals surface area contributed by atoms with Gasteiger partial charge in [0.1, 0.15) is 11.5 Å². The molecule has 0 unspecified atom stereocenters. The van der Waals surface area contributed by atoms with Crippen LogP contribution in [-0.4, -0.2) is 55.2 Å². The molecule has 0 radical (unpaired) electrons. The molecule has 1 amide bonds. The highest BCUT2D eigenvalue weighted by molar-refractivity contribution is 8.16. The Balaban J connectivity index is 1.69. The number of amidine groups is 1. The van der Waals surface area contributed by atoms with Gasteiger partial charge >= 0.3 is 5.97 Å². The summed E-state index contributed by atoms with van der Waals surface area (Å²) < 4.78 is 16.2. The van der Waals surface area contributed by atoms with Crippen LogP contribution in [0, 0.1) is 0 Å². The molecule has 9 heteroatoms. The zero-order valence-electron chi connectivity index (χ0n) is 21.0. The molecule has 0 N–H and O–H groups in total. The van der Waals surface area contributed by atoms with E-state index in [1.807, 2.05) is 52.8 Å². The lowest BCUT2D eigenvalue weighted by Gasteiger charge is -2.37. The van der Waals surface area contributed by atoms with Gasteiger partial charge in [-0.15, -0.1) is 0 Å². The van der Waals surface area contributed by atoms with Crippen LogP contribution in [0.3, 0.4) is 0 Å². The van der Waals surface area contributed by atoms with Gasteiger partial charge in [0.05, 0.1) is 45.1 Å². The fourth-order valence-electron chi connectivity index (χ4n) is 4.31. The first-order chi connectivity index (χ1) is 17.4. The Morgan fingerprint density at radius 3 is 2.50 bits per heavy atom. The Labute approximate surface area is 215 Å². The summed E-state index contributed by atoms with van der Waals surface area (Å²) in [5.41, 5.74) is 3.49. The van der Waals surface area contributed by atoms with E-state index >= 15 is 0 Å². The van der Waals surface area contributed by atoms with Crippen molar-refractivity contribution >= 4 is 28.8 Å². The zero-order chi connectivity index (χ0) is 25.8. The molecule has 0 aromatic heterocycles. The normalized spacial score (nSPS) is 16.7. The molecule has 0 fully saturated rings. The molecule has 2 aromatic carbocycles. The van der Waals surface area contributed by atoms with E-state index < -0.39 is 12.0 Å². The molecule has 2 heterocycles. The van der Waals surface area contributed by atoms with Gasteiger partial charge in [0, 0.05) is 30.9 Å². The van der Waals surface area contributed by atoms with Crippen LogP contribution in [0.25, 0.3) is 0 Å². The Morgan fingerprint density at radius 1 is 1.08 bits per heavy atom. The van der Waals surface area contributed by atoms with E-state index in [-0.39, 0.29) is 12.3 Å². The minimum absolute atomic E-state index is 0.0432. The summed E-state index contributed by atoms with van der Waals surface area (Å²) >= 11 is 1.43. The van der Waals surface area contributed by atoms with Crippen molar-refractivity contribution in [3.8, 4) is 11.5 Å². The topological polar surface area (TPSA) is 80.7 Å². The van der Waals surface area contributed by atoms with Crippen molar-refractivity contribution in [3.63, 3.8) is 0 Å². The molecule has 0 saturated heterocycles. The largest absolute Gasteiger partial charge is 0.497 e. The molecule has 0 bridgehead atoms. The van der Waals surface area contributed by atoms with Gasteiger partial charge in [-0.2, -0.15) is 0 Å². The van der Waals surface area contributed by atoms with Crippen LogP contribution in [0.5, 0.6) is 11.5 Å². The number of hydrogen-bond acceptors (Lipinski definition) is 8. The highest BCUT2D eigenvalue weighted by atomic mass is 32.2. The van der Waals surface area contributed by atoms with Gasteiger partial charge in [-0.3, -0.25) is 4.79 Å². The number of nitrogens with zero attached hydrogens (tertiary/aromatic N) is 3. The van der Waals surface area contributed by atoms with Crippen molar-refractivity contribution in [1.29, 1.82) is 0 Å². The number of hydrogen-bond donors (Lipinski definition) is 0. The molecule has 0 aliphatic carbocycles. The lowest BCUT2D eigenvalue weighted by Crippen LogP contribution is -2.38. The van der Waals surface area contributed by atoms with Gasteiger partial charge in [0.15, 0.2) is 5.17 Å². The summed E-state index contributed by atoms with van der Waals surface area (Å²) in [7, 11) is 6.29. The Bertz CT molecular complexity index is 1260. The minimum atomic E-state index is -0.584. The summed E-state index contributed by atoms with van der Waals surface area (Å²) in [6.45, 7) is 2.29. The van der Waals surface area contributed by atoms with Gasteiger partial charge in [-0.25, -0.2) is 9.79 Å². The smallest absolute Gasteiger partial charge is 0.338 e. The molecule has 0 saturated carbocycles. The summed E-state index contributed by atoms with van der Waals surface area (Å²) in [5, 5.41) is 2.61. The van der Waals surface area contributed by atoms with E-state index in [1.165, 1.54) is 18.9 Å². The molecule has 36 heavy (non-hydrogen) atoms. The van der Waals surface area contributed by atoms with Crippen LogP contribution in [0.4, 0.5) is 0 Å². The van der Waals surface area contributed by atoms with E-state index in [2.05, 4.69) is 4.99 Å². The first-order valence-corrected chi connectivity index (χ1v) is 12.3. The molecular weight excluding hydrogens is 478 g/mol. The number of ether oxygens (including phenoxy) is 3. The highest BCUT2D eigenvalue weighted by Crippen LogP contribution is 2.47. The van der Waals surface area contributed by atoms with Gasteiger partial charge in [0.25, 0.3) is 0 Å². The van der Waals surface area contributed by atoms with Crippen molar-refractivity contribution in [2.45, 2.75) is 25.9 Å². The molecule has 2 aliphatic rings. The van der Waals surface area contributed by atoms with Crippen LogP contribution in [-0.2, 0) is 20.9 Å². The van der Waals surface area contributed by atoms with Gasteiger partial charge in [-0.1, -0.05) is 42.1 Å². The molecule has 2 aromatic rings. The lowest BCUT2D eigenvalue weighted by molar-refractivity contribution is -0.136. The molecule has 1 atom stereocenters. The number of amides is 1. The predicted octanol–water partition coefficient (Wildman–Crippen LogP) is 4.50. The van der Waals surface area contributed by atoms with E-state index in [4.69, 9.17) is 14.2 Å². The van der Waals surface area contributed by atoms with E-state index in [0.29, 0.717) is 34.5 Å². The SMILES string of the molecule is COC(=O)C1=C(C)N=C2SC=C(CC(=O)N(C)Cc3ccccc3)N2[C@@H]1c1ccc(OC)cc1OC. The van der Waals surface area contributed by atoms with E-state index in [9.17, 15) is 9.59 Å². The van der Waals surface area contributed by atoms with Crippen molar-refractivity contribution in [3.05, 3.63) is 82.0 Å². The number of allylic oxidation sites excluding steroid dienone is 1. The van der Waals surface area contributed by atoms with E-state index in [0.717, 1.165) is 16.8 Å². The number of carbonyl (C=O) groups is 2. The number of aliphatic imine (C=N–C) groups is 1. The average Bonchev–Trinajstić information content (AvgIpc) is 3.29. The van der Waals surface area contributed by atoms with Crippen molar-refractivity contribution < 1.29 is 23.8 Å². The van der Waals surface area contributed by atoms with Crippen molar-refractivity contribution in [2.75, 3.05) is 28.4 Å². The molecule has 0 spiro atoms. The quantitative estimate of drug-likeness (QED) is 0.487. The van der Waals surface area contributed by atoms with E-state index in [1.54, 1.807) is 39.2 Å². The second kappa shape index (κ2) is 10.9. The zero-order valence-corrected chi connectivity index (χ0v) is 21.8. The Morgan fingerprint density at radius 2 is 1.83 bits per heavy atom. The highest BCUT2D eigenvalue weighted by Gasteiger charge is 2.42. The van der Waals surface area contributed by atoms with Gasteiger partial charge in [-0.05, 0) is 30.0 Å². The number of carbonyl (C=O) groups excluding carboxylic acids is 2. The minimum Gasteiger partial charge on any atom is -0.497 e. The summed E-state index contributed by atoms with van der Waals surface area (Å²) in [6, 6.07) is 14.7. The lowest BCUT2D eigenvalue weighted by atomic mass is 9.93. The summed E-state index contributed by atoms with van der Waals surface area (Å²) in [4.78, 5) is 34.5. The molecular formula is C27H29N3O5S. The van der Waals surface area contributed by atoms with Gasteiger partial charge < -0.3 is 24.0 Å². The second-order valence-electron chi connectivity index (χ2n) is 8.40. The maximum atomic E-state index is 13.2. The maximum absolute atomic E-state index is 13.2. The predicted molar refractivity (Wildman–Crippen MR) is 139 cm³/mol. The fraction of sp³-hybridized carbons (Fsp3) is 0.296. The second-order valence-corrected chi connectivity index (χ2v) is 9.24. The van der Waals surface area contributed by atoms with Crippen molar-refractivity contribution in [1.82, 2.24) is 9.80 Å². The number of esters is 1. The number of benzene rings is 2. The number of thioether (sulfide) groups is 1. The molecule has 4 rings (SSSR count). The molecule has 188 valence electrons. The molecule has 2 aliphatic heterocycles. The van der Waals surface area contributed by atoms with Crippen LogP contribution in [0.2, 0.25) is 0 Å². The number of methoxy groups -OCH3 is 3.